The minimum absolute atomic E-state index is 0.0611. The Labute approximate surface area is 122 Å². The van der Waals surface area contributed by atoms with Gasteiger partial charge in [-0.05, 0) is 20.3 Å². The largest absolute Gasteiger partial charge is 0.478 e. The van der Waals surface area contributed by atoms with Crippen LogP contribution in [-0.4, -0.2) is 62.9 Å². The van der Waals surface area contributed by atoms with Crippen LogP contribution in [0.5, 0.6) is 0 Å². The van der Waals surface area contributed by atoms with Crippen molar-refractivity contribution >= 4 is 11.9 Å². The highest BCUT2D eigenvalue weighted by molar-refractivity contribution is 6.01. The monoisotopic (exact) mass is 303 g/mol. The average molecular weight is 303 g/mol. The van der Waals surface area contributed by atoms with Gasteiger partial charge in [-0.1, -0.05) is 6.92 Å². The Bertz CT molecular complexity index is 448. The molecule has 0 aromatic heterocycles. The first-order valence-corrected chi connectivity index (χ1v) is 6.62. The van der Waals surface area contributed by atoms with Gasteiger partial charge in [0, 0.05) is 11.1 Å². The smallest absolute Gasteiger partial charge is 0.331 e. The summed E-state index contributed by atoms with van der Waals surface area (Å²) in [6.07, 6.45) is -4.52. The predicted molar refractivity (Wildman–Crippen MR) is 71.1 cm³/mol. The molecule has 120 valence electrons. The van der Waals surface area contributed by atoms with E-state index in [2.05, 4.69) is 5.32 Å². The summed E-state index contributed by atoms with van der Waals surface area (Å²) >= 11 is 0. The third-order valence-electron chi connectivity index (χ3n) is 3.64. The summed E-state index contributed by atoms with van der Waals surface area (Å²) in [4.78, 5) is 22.7. The summed E-state index contributed by atoms with van der Waals surface area (Å²) in [5.74, 6) is -2.00. The van der Waals surface area contributed by atoms with E-state index in [4.69, 9.17) is 9.84 Å². The number of carbonyl (C=O) groups excluding carboxylic acids is 1. The lowest BCUT2D eigenvalue weighted by molar-refractivity contribution is -0.247. The van der Waals surface area contributed by atoms with Crippen molar-refractivity contribution in [1.29, 1.82) is 0 Å². The zero-order valence-electron chi connectivity index (χ0n) is 12.1. The van der Waals surface area contributed by atoms with Crippen LogP contribution in [0.25, 0.3) is 0 Å². The normalized spacial score (nSPS) is 34.1. The van der Waals surface area contributed by atoms with Gasteiger partial charge >= 0.3 is 5.97 Å². The summed E-state index contributed by atoms with van der Waals surface area (Å²) in [5.41, 5.74) is -0.214. The number of nitrogens with one attached hydrogen (secondary N) is 1. The molecule has 0 aliphatic carbocycles. The first-order valence-electron chi connectivity index (χ1n) is 6.62. The molecule has 0 radical (unpaired) electrons. The van der Waals surface area contributed by atoms with Crippen LogP contribution in [0.15, 0.2) is 11.1 Å². The minimum atomic E-state index is -1.49. The van der Waals surface area contributed by atoms with Crippen molar-refractivity contribution < 1.29 is 34.8 Å². The molecule has 1 amide bonds. The van der Waals surface area contributed by atoms with Crippen molar-refractivity contribution in [2.75, 3.05) is 0 Å². The van der Waals surface area contributed by atoms with Crippen LogP contribution in [0.3, 0.4) is 0 Å². The molecule has 21 heavy (non-hydrogen) atoms. The number of hydrogen-bond donors (Lipinski definition) is 5. The Morgan fingerprint density at radius 1 is 1.10 bits per heavy atom. The molecule has 0 aromatic rings. The fourth-order valence-electron chi connectivity index (χ4n) is 2.03. The highest BCUT2D eigenvalue weighted by atomic mass is 16.6. The topological polar surface area (TPSA) is 136 Å². The van der Waals surface area contributed by atoms with Crippen LogP contribution in [0.1, 0.15) is 27.2 Å². The maximum atomic E-state index is 11.9. The van der Waals surface area contributed by atoms with Crippen LogP contribution in [-0.2, 0) is 14.3 Å². The number of amides is 1. The Morgan fingerprint density at radius 3 is 2.14 bits per heavy atom. The van der Waals surface area contributed by atoms with Gasteiger partial charge in [-0.15, -0.1) is 0 Å². The third kappa shape index (κ3) is 3.79. The van der Waals surface area contributed by atoms with Gasteiger partial charge in [-0.3, -0.25) is 4.79 Å². The summed E-state index contributed by atoms with van der Waals surface area (Å²) in [6, 6.07) is -1.24. The van der Waals surface area contributed by atoms with Crippen molar-refractivity contribution in [2.45, 2.75) is 57.8 Å². The van der Waals surface area contributed by atoms with Gasteiger partial charge in [0.25, 0.3) is 0 Å². The van der Waals surface area contributed by atoms with Crippen molar-refractivity contribution in [3.05, 3.63) is 11.1 Å². The van der Waals surface area contributed by atoms with Gasteiger partial charge in [0.2, 0.25) is 5.91 Å². The van der Waals surface area contributed by atoms with E-state index in [0.29, 0.717) is 6.42 Å². The van der Waals surface area contributed by atoms with Crippen LogP contribution < -0.4 is 5.32 Å². The van der Waals surface area contributed by atoms with E-state index in [1.807, 2.05) is 0 Å². The second kappa shape index (κ2) is 6.99. The van der Waals surface area contributed by atoms with Gasteiger partial charge in [0.1, 0.15) is 18.2 Å². The second-order valence-corrected chi connectivity index (χ2v) is 5.01. The molecule has 1 aliphatic rings. The van der Waals surface area contributed by atoms with Gasteiger partial charge in [0.15, 0.2) is 6.29 Å². The van der Waals surface area contributed by atoms with Gasteiger partial charge in [0.05, 0.1) is 6.10 Å². The van der Waals surface area contributed by atoms with Gasteiger partial charge in [-0.2, -0.15) is 0 Å². The Hall–Kier alpha value is -1.48. The highest BCUT2D eigenvalue weighted by Gasteiger charge is 2.43. The van der Waals surface area contributed by atoms with Crippen molar-refractivity contribution in [3.8, 4) is 0 Å². The van der Waals surface area contributed by atoms with Crippen molar-refractivity contribution in [3.63, 3.8) is 0 Å². The first-order chi connectivity index (χ1) is 9.70. The number of hydrogen-bond acceptors (Lipinski definition) is 6. The molecule has 0 bridgehead atoms. The van der Waals surface area contributed by atoms with E-state index in [9.17, 15) is 24.9 Å². The van der Waals surface area contributed by atoms with Gasteiger partial charge < -0.3 is 30.5 Å². The van der Waals surface area contributed by atoms with E-state index >= 15 is 0 Å². The maximum Gasteiger partial charge on any atom is 0.331 e. The third-order valence-corrected chi connectivity index (χ3v) is 3.64. The van der Waals surface area contributed by atoms with Crippen LogP contribution >= 0.6 is 0 Å². The molecule has 8 nitrogen and oxygen atoms in total. The minimum Gasteiger partial charge on any atom is -0.478 e. The zero-order valence-corrected chi connectivity index (χ0v) is 12.1. The Kier molecular flexibility index (Phi) is 5.85. The van der Waals surface area contributed by atoms with Crippen LogP contribution in [0, 0.1) is 0 Å². The summed E-state index contributed by atoms with van der Waals surface area (Å²) < 4.78 is 5.12. The van der Waals surface area contributed by atoms with Crippen LogP contribution in [0.2, 0.25) is 0 Å². The van der Waals surface area contributed by atoms with Crippen LogP contribution in [0.4, 0.5) is 0 Å². The van der Waals surface area contributed by atoms with E-state index < -0.39 is 42.5 Å². The summed E-state index contributed by atoms with van der Waals surface area (Å²) in [6.45, 7) is 4.30. The molecule has 1 heterocycles. The quantitative estimate of drug-likeness (QED) is 0.409. The average Bonchev–Trinajstić information content (AvgIpc) is 2.45. The number of carboxylic acid groups (broad SMARTS) is 1. The number of aliphatic hydroxyl groups is 3. The number of rotatable bonds is 4. The standard InChI is InChI=1S/C13H21NO7/c1-4-7-9(15)10(16)8(13(20)21-7)14-11(17)5(2)6(3)12(18)19/h7-10,13,15-16,20H,4H2,1-3H3,(H,14,17)(H,18,19)/b6-5-. The highest BCUT2D eigenvalue weighted by Crippen LogP contribution is 2.22. The lowest BCUT2D eigenvalue weighted by atomic mass is 9.95. The number of aliphatic hydroxyl groups excluding tert-OH is 3. The van der Waals surface area contributed by atoms with E-state index in [1.54, 1.807) is 6.92 Å². The molecule has 1 saturated heterocycles. The molecule has 0 saturated carbocycles. The Balaban J connectivity index is 2.85. The molecule has 0 aromatic carbocycles. The first kappa shape index (κ1) is 17.6. The molecule has 0 spiro atoms. The van der Waals surface area contributed by atoms with E-state index in [-0.39, 0.29) is 11.1 Å². The van der Waals surface area contributed by atoms with E-state index in [1.165, 1.54) is 13.8 Å². The molecule has 5 unspecified atom stereocenters. The number of aliphatic carboxylic acids is 1. The number of carbonyl (C=O) groups is 2. The molecule has 1 aliphatic heterocycles. The Morgan fingerprint density at radius 2 is 1.67 bits per heavy atom. The SMILES string of the molecule is CCC1OC(O)C(NC(=O)/C(C)=C(/C)C(=O)O)C(O)C1O. The lowest BCUT2D eigenvalue weighted by Crippen LogP contribution is -2.63. The predicted octanol–water partition coefficient (Wildman–Crippen LogP) is -1.26. The molecule has 5 N–H and O–H groups in total. The fourth-order valence-corrected chi connectivity index (χ4v) is 2.03. The second-order valence-electron chi connectivity index (χ2n) is 5.01. The van der Waals surface area contributed by atoms with Crippen molar-refractivity contribution in [2.24, 2.45) is 0 Å². The van der Waals surface area contributed by atoms with Gasteiger partial charge in [-0.25, -0.2) is 4.79 Å². The number of ether oxygens (including phenoxy) is 1. The molecule has 5 atom stereocenters. The molecule has 1 rings (SSSR count). The van der Waals surface area contributed by atoms with E-state index in [0.717, 1.165) is 0 Å². The fraction of sp³-hybridized carbons (Fsp3) is 0.692. The number of carboxylic acids is 1. The molecular weight excluding hydrogens is 282 g/mol. The molecule has 8 heteroatoms. The summed E-state index contributed by atoms with van der Waals surface area (Å²) in [7, 11) is 0. The molecular formula is C13H21NO7. The molecule has 1 fully saturated rings. The zero-order chi connectivity index (χ0) is 16.3. The maximum absolute atomic E-state index is 11.9. The lowest BCUT2D eigenvalue weighted by Gasteiger charge is -2.40. The summed E-state index contributed by atoms with van der Waals surface area (Å²) in [5, 5.41) is 40.7. The van der Waals surface area contributed by atoms with Crippen molar-refractivity contribution in [1.82, 2.24) is 5.32 Å².